The highest BCUT2D eigenvalue weighted by atomic mass is 16.2. The van der Waals surface area contributed by atoms with E-state index in [1.807, 2.05) is 18.2 Å². The van der Waals surface area contributed by atoms with Gasteiger partial charge in [0.05, 0.1) is 5.54 Å². The van der Waals surface area contributed by atoms with Crippen molar-refractivity contribution in [2.24, 2.45) is 11.7 Å². The quantitative estimate of drug-likeness (QED) is 0.877. The van der Waals surface area contributed by atoms with Crippen molar-refractivity contribution in [1.82, 2.24) is 0 Å². The van der Waals surface area contributed by atoms with Crippen LogP contribution in [0.1, 0.15) is 45.1 Å². The summed E-state index contributed by atoms with van der Waals surface area (Å²) >= 11 is 0. The molecule has 1 saturated carbocycles. The molecular formula is C16H24N2O. The van der Waals surface area contributed by atoms with E-state index >= 15 is 0 Å². The molecule has 19 heavy (non-hydrogen) atoms. The van der Waals surface area contributed by atoms with Crippen molar-refractivity contribution < 1.29 is 4.79 Å². The molecule has 0 spiro atoms. The smallest absolute Gasteiger partial charge is 0.244 e. The summed E-state index contributed by atoms with van der Waals surface area (Å²) in [5, 5.41) is 2.98. The maximum Gasteiger partial charge on any atom is 0.244 e. The second-order valence-corrected chi connectivity index (χ2v) is 5.87. The van der Waals surface area contributed by atoms with E-state index in [-0.39, 0.29) is 5.91 Å². The SMILES string of the molecule is CCc1cccc(NC(=O)C2(N)CCCC(C)C2)c1. The molecule has 0 bridgehead atoms. The highest BCUT2D eigenvalue weighted by Gasteiger charge is 2.37. The van der Waals surface area contributed by atoms with Crippen molar-refractivity contribution in [3.05, 3.63) is 29.8 Å². The number of amides is 1. The Balaban J connectivity index is 2.07. The Bertz CT molecular complexity index is 458. The first-order valence-corrected chi connectivity index (χ1v) is 7.23. The molecule has 0 radical (unpaired) electrons. The van der Waals surface area contributed by atoms with Crippen molar-refractivity contribution in [3.63, 3.8) is 0 Å². The fourth-order valence-electron chi connectivity index (χ4n) is 2.92. The van der Waals surface area contributed by atoms with Gasteiger partial charge in [-0.05, 0) is 42.9 Å². The maximum atomic E-state index is 12.4. The van der Waals surface area contributed by atoms with Crippen LogP contribution in [0.2, 0.25) is 0 Å². The van der Waals surface area contributed by atoms with Crippen molar-refractivity contribution >= 4 is 11.6 Å². The van der Waals surface area contributed by atoms with E-state index in [9.17, 15) is 4.79 Å². The summed E-state index contributed by atoms with van der Waals surface area (Å²) in [6, 6.07) is 7.98. The average Bonchev–Trinajstić information content (AvgIpc) is 2.38. The fourth-order valence-corrected chi connectivity index (χ4v) is 2.92. The van der Waals surface area contributed by atoms with E-state index in [4.69, 9.17) is 5.73 Å². The summed E-state index contributed by atoms with van der Waals surface area (Å²) in [6.45, 7) is 4.28. The summed E-state index contributed by atoms with van der Waals surface area (Å²) in [7, 11) is 0. The molecule has 3 N–H and O–H groups in total. The Labute approximate surface area is 115 Å². The highest BCUT2D eigenvalue weighted by Crippen LogP contribution is 2.31. The van der Waals surface area contributed by atoms with Gasteiger partial charge in [0.25, 0.3) is 0 Å². The summed E-state index contributed by atoms with van der Waals surface area (Å²) in [4.78, 5) is 12.4. The van der Waals surface area contributed by atoms with Crippen LogP contribution in [-0.4, -0.2) is 11.4 Å². The number of hydrogen-bond donors (Lipinski definition) is 2. The first kappa shape index (κ1) is 14.1. The maximum absolute atomic E-state index is 12.4. The zero-order valence-electron chi connectivity index (χ0n) is 11.9. The molecule has 1 aliphatic carbocycles. The zero-order valence-corrected chi connectivity index (χ0v) is 11.9. The van der Waals surface area contributed by atoms with Crippen LogP contribution in [0.15, 0.2) is 24.3 Å². The number of carbonyl (C=O) groups is 1. The van der Waals surface area contributed by atoms with Crippen LogP contribution in [0.5, 0.6) is 0 Å². The molecule has 1 aromatic rings. The third-order valence-electron chi connectivity index (χ3n) is 4.08. The Morgan fingerprint density at radius 1 is 1.53 bits per heavy atom. The van der Waals surface area contributed by atoms with Crippen LogP contribution in [0.25, 0.3) is 0 Å². The molecule has 0 heterocycles. The number of rotatable bonds is 3. The minimum absolute atomic E-state index is 0.0349. The summed E-state index contributed by atoms with van der Waals surface area (Å²) in [6.07, 6.45) is 4.76. The molecule has 2 unspecified atom stereocenters. The summed E-state index contributed by atoms with van der Waals surface area (Å²) < 4.78 is 0. The first-order valence-electron chi connectivity index (χ1n) is 7.23. The van der Waals surface area contributed by atoms with Gasteiger partial charge in [-0.25, -0.2) is 0 Å². The van der Waals surface area contributed by atoms with Crippen LogP contribution in [0.4, 0.5) is 5.69 Å². The molecular weight excluding hydrogens is 236 g/mol. The lowest BCUT2D eigenvalue weighted by molar-refractivity contribution is -0.122. The number of anilines is 1. The normalized spacial score (nSPS) is 27.0. The van der Waals surface area contributed by atoms with Gasteiger partial charge in [0.2, 0.25) is 5.91 Å². The van der Waals surface area contributed by atoms with Gasteiger partial charge in [0, 0.05) is 5.69 Å². The number of carbonyl (C=O) groups excluding carboxylic acids is 1. The van der Waals surface area contributed by atoms with Gasteiger partial charge >= 0.3 is 0 Å². The standard InChI is InChI=1S/C16H24N2O/c1-3-13-7-4-8-14(10-13)18-15(19)16(17)9-5-6-12(2)11-16/h4,7-8,10,12H,3,5-6,9,11,17H2,1-2H3,(H,18,19). The van der Waals surface area contributed by atoms with E-state index in [2.05, 4.69) is 25.2 Å². The fraction of sp³-hybridized carbons (Fsp3) is 0.562. The average molecular weight is 260 g/mol. The molecule has 2 atom stereocenters. The van der Waals surface area contributed by atoms with Gasteiger partial charge in [0.1, 0.15) is 0 Å². The van der Waals surface area contributed by atoms with Crippen LogP contribution in [0.3, 0.4) is 0 Å². The minimum atomic E-state index is -0.695. The van der Waals surface area contributed by atoms with Crippen molar-refractivity contribution in [3.8, 4) is 0 Å². The molecule has 1 aliphatic rings. The van der Waals surface area contributed by atoms with E-state index in [0.717, 1.165) is 31.4 Å². The molecule has 0 aromatic heterocycles. The third kappa shape index (κ3) is 3.35. The third-order valence-corrected chi connectivity index (χ3v) is 4.08. The number of nitrogens with one attached hydrogen (secondary N) is 1. The molecule has 104 valence electrons. The van der Waals surface area contributed by atoms with Gasteiger partial charge in [-0.1, -0.05) is 38.8 Å². The van der Waals surface area contributed by atoms with Crippen molar-refractivity contribution in [2.45, 2.75) is 51.5 Å². The van der Waals surface area contributed by atoms with Gasteiger partial charge in [-0.2, -0.15) is 0 Å². The topological polar surface area (TPSA) is 55.1 Å². The summed E-state index contributed by atoms with van der Waals surface area (Å²) in [5.41, 5.74) is 7.68. The predicted molar refractivity (Wildman–Crippen MR) is 79.0 cm³/mol. The number of hydrogen-bond acceptors (Lipinski definition) is 2. The first-order chi connectivity index (χ1) is 9.03. The molecule has 2 rings (SSSR count). The molecule has 0 saturated heterocycles. The minimum Gasteiger partial charge on any atom is -0.324 e. The van der Waals surface area contributed by atoms with E-state index in [0.29, 0.717) is 5.92 Å². The number of aryl methyl sites for hydroxylation is 1. The van der Waals surface area contributed by atoms with Gasteiger partial charge in [-0.15, -0.1) is 0 Å². The second-order valence-electron chi connectivity index (χ2n) is 5.87. The molecule has 3 nitrogen and oxygen atoms in total. The van der Waals surface area contributed by atoms with Crippen LogP contribution < -0.4 is 11.1 Å². The van der Waals surface area contributed by atoms with E-state index < -0.39 is 5.54 Å². The highest BCUT2D eigenvalue weighted by molar-refractivity contribution is 5.98. The van der Waals surface area contributed by atoms with Crippen molar-refractivity contribution in [1.29, 1.82) is 0 Å². The van der Waals surface area contributed by atoms with Gasteiger partial charge in [0.15, 0.2) is 0 Å². The lowest BCUT2D eigenvalue weighted by Gasteiger charge is -2.35. The van der Waals surface area contributed by atoms with Gasteiger partial charge in [-0.3, -0.25) is 4.79 Å². The molecule has 1 amide bonds. The number of benzene rings is 1. The van der Waals surface area contributed by atoms with Crippen LogP contribution in [-0.2, 0) is 11.2 Å². The zero-order chi connectivity index (χ0) is 13.9. The Morgan fingerprint density at radius 3 is 3.00 bits per heavy atom. The molecule has 0 aliphatic heterocycles. The summed E-state index contributed by atoms with van der Waals surface area (Å²) in [5.74, 6) is 0.499. The van der Waals surface area contributed by atoms with Crippen LogP contribution in [0, 0.1) is 5.92 Å². The Kier molecular flexibility index (Phi) is 4.25. The predicted octanol–water partition coefficient (Wildman–Crippen LogP) is 3.10. The largest absolute Gasteiger partial charge is 0.324 e. The number of nitrogens with two attached hydrogens (primary N) is 1. The molecule has 1 fully saturated rings. The molecule has 1 aromatic carbocycles. The molecule has 3 heteroatoms. The van der Waals surface area contributed by atoms with Crippen LogP contribution >= 0.6 is 0 Å². The van der Waals surface area contributed by atoms with Crippen molar-refractivity contribution in [2.75, 3.05) is 5.32 Å². The lowest BCUT2D eigenvalue weighted by atomic mass is 9.76. The van der Waals surface area contributed by atoms with E-state index in [1.54, 1.807) is 0 Å². The monoisotopic (exact) mass is 260 g/mol. The Morgan fingerprint density at radius 2 is 2.32 bits per heavy atom. The lowest BCUT2D eigenvalue weighted by Crippen LogP contribution is -2.53. The second kappa shape index (κ2) is 5.74. The van der Waals surface area contributed by atoms with E-state index in [1.165, 1.54) is 12.0 Å². The van der Waals surface area contributed by atoms with Gasteiger partial charge < -0.3 is 11.1 Å². The Hall–Kier alpha value is -1.35.